The van der Waals surface area contributed by atoms with Gasteiger partial charge in [-0.25, -0.2) is 0 Å². The van der Waals surface area contributed by atoms with Crippen LogP contribution < -0.4 is 10.2 Å². The summed E-state index contributed by atoms with van der Waals surface area (Å²) in [5, 5.41) is 3.06. The van der Waals surface area contributed by atoms with Crippen LogP contribution in [0.2, 0.25) is 0 Å². The van der Waals surface area contributed by atoms with Crippen LogP contribution in [0.4, 0.5) is 11.4 Å². The molecule has 126 valence electrons. The Morgan fingerprint density at radius 1 is 1.12 bits per heavy atom. The van der Waals surface area contributed by atoms with Crippen LogP contribution in [0.5, 0.6) is 0 Å². The van der Waals surface area contributed by atoms with Gasteiger partial charge in [-0.3, -0.25) is 4.79 Å². The summed E-state index contributed by atoms with van der Waals surface area (Å²) in [6, 6.07) is 16.0. The summed E-state index contributed by atoms with van der Waals surface area (Å²) in [6.45, 7) is 3.16. The van der Waals surface area contributed by atoms with E-state index in [-0.39, 0.29) is 5.91 Å². The normalized spacial score (nSPS) is 14.5. The molecule has 0 atom stereocenters. The van der Waals surface area contributed by atoms with E-state index in [1.54, 1.807) is 0 Å². The van der Waals surface area contributed by atoms with E-state index in [0.717, 1.165) is 54.1 Å². The number of amides is 1. The van der Waals surface area contributed by atoms with Gasteiger partial charge >= 0.3 is 0 Å². The van der Waals surface area contributed by atoms with Crippen LogP contribution in [-0.4, -0.2) is 32.2 Å². The van der Waals surface area contributed by atoms with Gasteiger partial charge < -0.3 is 15.0 Å². The number of hydrogen-bond donors (Lipinski definition) is 1. The minimum atomic E-state index is 0.0377. The third kappa shape index (κ3) is 4.58. The maximum Gasteiger partial charge on any atom is 0.224 e. The monoisotopic (exact) mass is 388 g/mol. The Morgan fingerprint density at radius 3 is 2.71 bits per heavy atom. The Morgan fingerprint density at radius 2 is 1.92 bits per heavy atom. The maximum absolute atomic E-state index is 12.3. The average molecular weight is 389 g/mol. The fourth-order valence-electron chi connectivity index (χ4n) is 2.82. The molecule has 1 saturated heterocycles. The predicted octanol–water partition coefficient (Wildman–Crippen LogP) is 3.86. The van der Waals surface area contributed by atoms with Crippen molar-refractivity contribution in [3.05, 3.63) is 58.6 Å². The molecule has 1 aliphatic heterocycles. The zero-order valence-corrected chi connectivity index (χ0v) is 15.1. The number of benzene rings is 2. The van der Waals surface area contributed by atoms with Crippen molar-refractivity contribution in [2.75, 3.05) is 36.5 Å². The number of carbonyl (C=O) groups excluding carboxylic acids is 1. The van der Waals surface area contributed by atoms with E-state index in [1.807, 2.05) is 36.4 Å². The molecule has 24 heavy (non-hydrogen) atoms. The molecular formula is C19H21BrN2O2. The van der Waals surface area contributed by atoms with Gasteiger partial charge in [0, 0.05) is 24.0 Å². The Bertz CT molecular complexity index is 699. The summed E-state index contributed by atoms with van der Waals surface area (Å²) < 4.78 is 6.45. The molecule has 0 saturated carbocycles. The summed E-state index contributed by atoms with van der Waals surface area (Å²) in [6.07, 6.45) is 1.19. The van der Waals surface area contributed by atoms with Crippen molar-refractivity contribution < 1.29 is 9.53 Å². The highest BCUT2D eigenvalue weighted by molar-refractivity contribution is 9.10. The highest BCUT2D eigenvalue weighted by Crippen LogP contribution is 2.26. The van der Waals surface area contributed by atoms with Crippen LogP contribution in [0.25, 0.3) is 0 Å². The van der Waals surface area contributed by atoms with E-state index in [4.69, 9.17) is 4.74 Å². The minimum absolute atomic E-state index is 0.0377. The second kappa shape index (κ2) is 8.31. The first-order chi connectivity index (χ1) is 11.7. The van der Waals surface area contributed by atoms with Gasteiger partial charge in [0.15, 0.2) is 0 Å². The Hall–Kier alpha value is -1.85. The highest BCUT2D eigenvalue weighted by Gasteiger charge is 2.15. The fourth-order valence-corrected chi connectivity index (χ4v) is 3.27. The molecule has 1 fully saturated rings. The minimum Gasteiger partial charge on any atom is -0.378 e. The van der Waals surface area contributed by atoms with Crippen LogP contribution in [0.1, 0.15) is 12.0 Å². The van der Waals surface area contributed by atoms with Crippen LogP contribution >= 0.6 is 15.9 Å². The van der Waals surface area contributed by atoms with E-state index in [0.29, 0.717) is 6.42 Å². The van der Waals surface area contributed by atoms with E-state index < -0.39 is 0 Å². The molecule has 1 N–H and O–H groups in total. The first-order valence-electron chi connectivity index (χ1n) is 8.18. The van der Waals surface area contributed by atoms with Crippen LogP contribution in [-0.2, 0) is 16.0 Å². The number of hydrogen-bond acceptors (Lipinski definition) is 3. The number of anilines is 2. The Kier molecular flexibility index (Phi) is 5.88. The molecule has 0 aromatic heterocycles. The van der Waals surface area contributed by atoms with Crippen LogP contribution in [0.15, 0.2) is 53.0 Å². The number of nitrogens with one attached hydrogen (secondary N) is 1. The lowest BCUT2D eigenvalue weighted by molar-refractivity contribution is -0.116. The highest BCUT2D eigenvalue weighted by atomic mass is 79.9. The summed E-state index contributed by atoms with van der Waals surface area (Å²) in [5.41, 5.74) is 3.09. The van der Waals surface area contributed by atoms with E-state index in [9.17, 15) is 4.79 Å². The molecule has 2 aromatic rings. The molecule has 5 heteroatoms. The quantitative estimate of drug-likeness (QED) is 0.845. The summed E-state index contributed by atoms with van der Waals surface area (Å²) in [7, 11) is 0. The van der Waals surface area contributed by atoms with Gasteiger partial charge in [-0.05, 0) is 36.2 Å². The van der Waals surface area contributed by atoms with Crippen molar-refractivity contribution in [2.24, 2.45) is 0 Å². The van der Waals surface area contributed by atoms with Gasteiger partial charge in [-0.1, -0.05) is 40.2 Å². The van der Waals surface area contributed by atoms with Crippen LogP contribution in [0.3, 0.4) is 0 Å². The van der Waals surface area contributed by atoms with Crippen molar-refractivity contribution in [3.8, 4) is 0 Å². The third-order valence-electron chi connectivity index (χ3n) is 4.06. The predicted molar refractivity (Wildman–Crippen MR) is 101 cm³/mol. The lowest BCUT2D eigenvalue weighted by Crippen LogP contribution is -2.36. The number of carbonyl (C=O) groups is 1. The third-order valence-corrected chi connectivity index (χ3v) is 4.55. The van der Waals surface area contributed by atoms with Crippen molar-refractivity contribution in [3.63, 3.8) is 0 Å². The standard InChI is InChI=1S/C19H21BrN2O2/c20-16-5-3-4-15(14-16)8-9-19(23)21-17-6-1-2-7-18(17)22-10-12-24-13-11-22/h1-7,14H,8-13H2,(H,21,23). The molecule has 0 spiro atoms. The SMILES string of the molecule is O=C(CCc1cccc(Br)c1)Nc1ccccc1N1CCOCC1. The first kappa shape index (κ1) is 17.0. The second-order valence-corrected chi connectivity index (χ2v) is 6.71. The number of halogens is 1. The van der Waals surface area contributed by atoms with Gasteiger partial charge in [0.25, 0.3) is 0 Å². The summed E-state index contributed by atoms with van der Waals surface area (Å²) in [4.78, 5) is 14.6. The molecule has 0 bridgehead atoms. The number of aryl methyl sites for hydroxylation is 1. The largest absolute Gasteiger partial charge is 0.378 e. The number of morpholine rings is 1. The molecule has 1 heterocycles. The molecular weight excluding hydrogens is 368 g/mol. The first-order valence-corrected chi connectivity index (χ1v) is 8.98. The summed E-state index contributed by atoms with van der Waals surface area (Å²) >= 11 is 3.46. The summed E-state index contributed by atoms with van der Waals surface area (Å²) in [5.74, 6) is 0.0377. The van der Waals surface area contributed by atoms with Crippen molar-refractivity contribution in [1.82, 2.24) is 0 Å². The maximum atomic E-state index is 12.3. The van der Waals surface area contributed by atoms with Crippen molar-refractivity contribution >= 4 is 33.2 Å². The molecule has 0 aliphatic carbocycles. The molecule has 3 rings (SSSR count). The molecule has 1 amide bonds. The van der Waals surface area contributed by atoms with Crippen LogP contribution in [0, 0.1) is 0 Å². The molecule has 1 aliphatic rings. The Labute approximate surface area is 150 Å². The van der Waals surface area contributed by atoms with Gasteiger partial charge in [0.2, 0.25) is 5.91 Å². The smallest absolute Gasteiger partial charge is 0.224 e. The van der Waals surface area contributed by atoms with E-state index in [1.165, 1.54) is 0 Å². The van der Waals surface area contributed by atoms with E-state index in [2.05, 4.69) is 38.3 Å². The number of rotatable bonds is 5. The number of para-hydroxylation sites is 2. The van der Waals surface area contributed by atoms with E-state index >= 15 is 0 Å². The topological polar surface area (TPSA) is 41.6 Å². The lowest BCUT2D eigenvalue weighted by atomic mass is 10.1. The fraction of sp³-hybridized carbons (Fsp3) is 0.316. The molecule has 4 nitrogen and oxygen atoms in total. The second-order valence-electron chi connectivity index (χ2n) is 5.79. The average Bonchev–Trinajstić information content (AvgIpc) is 2.61. The molecule has 0 radical (unpaired) electrons. The van der Waals surface area contributed by atoms with Gasteiger partial charge in [0.1, 0.15) is 0 Å². The molecule has 2 aromatic carbocycles. The Balaban J connectivity index is 1.62. The number of ether oxygens (including phenoxy) is 1. The van der Waals surface area contributed by atoms with Gasteiger partial charge in [-0.15, -0.1) is 0 Å². The zero-order valence-electron chi connectivity index (χ0n) is 13.5. The lowest BCUT2D eigenvalue weighted by Gasteiger charge is -2.30. The van der Waals surface area contributed by atoms with Crippen molar-refractivity contribution in [1.29, 1.82) is 0 Å². The van der Waals surface area contributed by atoms with Gasteiger partial charge in [0.05, 0.1) is 24.6 Å². The van der Waals surface area contributed by atoms with Crippen molar-refractivity contribution in [2.45, 2.75) is 12.8 Å². The van der Waals surface area contributed by atoms with Gasteiger partial charge in [-0.2, -0.15) is 0 Å². The number of nitrogens with zero attached hydrogens (tertiary/aromatic N) is 1. The zero-order chi connectivity index (χ0) is 16.8. The molecule has 0 unspecified atom stereocenters.